The van der Waals surface area contributed by atoms with Gasteiger partial charge in [-0.25, -0.2) is 13.8 Å². The summed E-state index contributed by atoms with van der Waals surface area (Å²) >= 11 is 0. The highest BCUT2D eigenvalue weighted by Gasteiger charge is 2.55. The lowest BCUT2D eigenvalue weighted by atomic mass is 9.90. The Morgan fingerprint density at radius 2 is 1.71 bits per heavy atom. The minimum atomic E-state index is -4.89. The highest BCUT2D eigenvalue weighted by atomic mass is 19.4. The Hall–Kier alpha value is -3.82. The second-order valence-electron chi connectivity index (χ2n) is 8.87. The van der Waals surface area contributed by atoms with Crippen molar-refractivity contribution in [3.05, 3.63) is 48.1 Å². The number of likely N-dealkylation sites (tertiary alicyclic amines) is 1. The monoisotopic (exact) mass is 548 g/mol. The van der Waals surface area contributed by atoms with Gasteiger partial charge in [0, 0.05) is 49.8 Å². The van der Waals surface area contributed by atoms with Gasteiger partial charge < -0.3 is 10.0 Å². The molecule has 5 rings (SSSR count). The van der Waals surface area contributed by atoms with Crippen molar-refractivity contribution in [1.29, 1.82) is 0 Å². The molecule has 0 spiro atoms. The molecule has 0 atom stereocenters. The lowest BCUT2D eigenvalue weighted by Crippen LogP contribution is -2.54. The van der Waals surface area contributed by atoms with Gasteiger partial charge in [0.2, 0.25) is 0 Å². The number of amides is 1. The second-order valence-corrected chi connectivity index (χ2v) is 8.87. The first kappa shape index (κ1) is 25.8. The van der Waals surface area contributed by atoms with Gasteiger partial charge in [-0.2, -0.15) is 31.4 Å². The summed E-state index contributed by atoms with van der Waals surface area (Å²) in [6.07, 6.45) is -8.17. The first-order valence-electron chi connectivity index (χ1n) is 11.0. The summed E-state index contributed by atoms with van der Waals surface area (Å²) in [7, 11) is 0. The summed E-state index contributed by atoms with van der Waals surface area (Å²) in [5, 5.41) is 13.8. The maximum absolute atomic E-state index is 14.1. The molecule has 1 amide bonds. The summed E-state index contributed by atoms with van der Waals surface area (Å²) in [6, 6.07) is 1.59. The molecule has 8 nitrogen and oxygen atoms in total. The lowest BCUT2D eigenvalue weighted by Gasteiger charge is -2.38. The molecule has 1 saturated heterocycles. The molecule has 0 radical (unpaired) electrons. The molecule has 4 aromatic heterocycles. The van der Waals surface area contributed by atoms with Crippen LogP contribution >= 0.6 is 0 Å². The summed E-state index contributed by atoms with van der Waals surface area (Å²) in [6.45, 7) is -2.50. The topological polar surface area (TPSA) is 88.6 Å². The summed E-state index contributed by atoms with van der Waals surface area (Å²) in [5.41, 5.74) is -4.02. The minimum Gasteiger partial charge on any atom is -0.380 e. The van der Waals surface area contributed by atoms with Gasteiger partial charge in [0.25, 0.3) is 5.91 Å². The zero-order chi connectivity index (χ0) is 27.6. The predicted molar refractivity (Wildman–Crippen MR) is 114 cm³/mol. The van der Waals surface area contributed by atoms with Crippen molar-refractivity contribution in [2.45, 2.75) is 37.3 Å². The fourth-order valence-electron chi connectivity index (χ4n) is 4.38. The molecule has 16 heteroatoms. The van der Waals surface area contributed by atoms with E-state index in [0.29, 0.717) is 10.7 Å². The molecule has 1 aliphatic heterocycles. The average Bonchev–Trinajstić information content (AvgIpc) is 3.38. The Morgan fingerprint density at radius 3 is 2.34 bits per heavy atom. The number of aliphatic hydroxyl groups is 1. The van der Waals surface area contributed by atoms with Crippen LogP contribution in [0.25, 0.3) is 27.9 Å². The van der Waals surface area contributed by atoms with E-state index in [-0.39, 0.29) is 33.6 Å². The van der Waals surface area contributed by atoms with E-state index in [9.17, 15) is 45.0 Å². The molecule has 0 aromatic carbocycles. The Bertz CT molecular complexity index is 1550. The van der Waals surface area contributed by atoms with Gasteiger partial charge in [0.05, 0.1) is 17.4 Å². The number of piperidine rings is 1. The van der Waals surface area contributed by atoms with Crippen molar-refractivity contribution in [3.8, 4) is 11.4 Å². The third-order valence-electron chi connectivity index (χ3n) is 6.36. The number of carbonyl (C=O) groups excluding carboxylic acids is 1. The van der Waals surface area contributed by atoms with E-state index in [4.69, 9.17) is 0 Å². The van der Waals surface area contributed by atoms with E-state index in [1.54, 1.807) is 0 Å². The Morgan fingerprint density at radius 1 is 1.03 bits per heavy atom. The first-order chi connectivity index (χ1) is 17.7. The lowest BCUT2D eigenvalue weighted by molar-refractivity contribution is -0.271. The van der Waals surface area contributed by atoms with E-state index >= 15 is 0 Å². The molecular formula is C22H16F8N6O2. The van der Waals surface area contributed by atoms with Crippen molar-refractivity contribution >= 4 is 22.5 Å². The van der Waals surface area contributed by atoms with Gasteiger partial charge in [-0.15, -0.1) is 0 Å². The number of fused-ring (bicyclic) bond motifs is 2. The average molecular weight is 548 g/mol. The van der Waals surface area contributed by atoms with E-state index in [1.807, 2.05) is 0 Å². The van der Waals surface area contributed by atoms with Gasteiger partial charge in [-0.3, -0.25) is 18.9 Å². The fourth-order valence-corrected chi connectivity index (χ4v) is 4.38. The van der Waals surface area contributed by atoms with Crippen molar-refractivity contribution in [3.63, 3.8) is 0 Å². The Kier molecular flexibility index (Phi) is 5.85. The van der Waals surface area contributed by atoms with E-state index in [0.717, 1.165) is 34.0 Å². The quantitative estimate of drug-likeness (QED) is 0.390. The molecule has 202 valence electrons. The van der Waals surface area contributed by atoms with E-state index < -0.39 is 68.0 Å². The Balaban J connectivity index is 1.55. The molecule has 0 unspecified atom stereocenters. The predicted octanol–water partition coefficient (Wildman–Crippen LogP) is 4.12. The largest absolute Gasteiger partial charge is 0.417 e. The fraction of sp³-hybridized carbons (Fsp3) is 0.364. The molecule has 1 fully saturated rings. The minimum absolute atomic E-state index is 0.00219. The molecule has 4 aromatic rings. The number of imidazole rings is 1. The number of aromatic nitrogens is 5. The van der Waals surface area contributed by atoms with Crippen molar-refractivity contribution in [2.75, 3.05) is 13.1 Å². The van der Waals surface area contributed by atoms with Crippen molar-refractivity contribution in [2.24, 2.45) is 0 Å². The van der Waals surface area contributed by atoms with Crippen LogP contribution in [0.4, 0.5) is 35.1 Å². The van der Waals surface area contributed by atoms with Gasteiger partial charge in [-0.1, -0.05) is 0 Å². The third kappa shape index (κ3) is 4.41. The van der Waals surface area contributed by atoms with Crippen LogP contribution in [-0.4, -0.2) is 71.1 Å². The molecule has 1 aliphatic rings. The summed E-state index contributed by atoms with van der Waals surface area (Å²) in [5.74, 6) is -2.84. The number of alkyl halides is 6. The molecular weight excluding hydrogens is 532 g/mol. The molecule has 0 aliphatic carbocycles. The third-order valence-corrected chi connectivity index (χ3v) is 6.36. The van der Waals surface area contributed by atoms with Gasteiger partial charge in [0.1, 0.15) is 23.7 Å². The number of hydrogen-bond donors (Lipinski definition) is 1. The summed E-state index contributed by atoms with van der Waals surface area (Å²) < 4.78 is 109. The van der Waals surface area contributed by atoms with Crippen LogP contribution in [0.5, 0.6) is 0 Å². The van der Waals surface area contributed by atoms with E-state index in [1.165, 1.54) is 0 Å². The maximum atomic E-state index is 14.1. The van der Waals surface area contributed by atoms with Gasteiger partial charge in [0.15, 0.2) is 17.1 Å². The molecule has 1 N–H and O–H groups in total. The standard InChI is InChI=1S/C22H16F8N6O2/c23-11-5-13(24)18-32-8-16(35(18)9-11)17-12-7-31-14(6-15(12)36(33-17)10-21(25,26)27)19(37)34-3-1-20(38,2-4-34)22(28,29)30/h5-9,38H,1-4,10H2. The molecule has 0 saturated carbocycles. The van der Waals surface area contributed by atoms with Crippen LogP contribution in [0.2, 0.25) is 0 Å². The number of rotatable bonds is 3. The van der Waals surface area contributed by atoms with Crippen molar-refractivity contribution < 1.29 is 45.0 Å². The van der Waals surface area contributed by atoms with Crippen LogP contribution < -0.4 is 0 Å². The summed E-state index contributed by atoms with van der Waals surface area (Å²) in [4.78, 5) is 21.8. The highest BCUT2D eigenvalue weighted by Crippen LogP contribution is 2.39. The number of carbonyl (C=O) groups is 1. The highest BCUT2D eigenvalue weighted by molar-refractivity contribution is 5.99. The molecule has 5 heterocycles. The van der Waals surface area contributed by atoms with Crippen LogP contribution in [0.3, 0.4) is 0 Å². The van der Waals surface area contributed by atoms with Crippen molar-refractivity contribution in [1.82, 2.24) is 29.0 Å². The number of halogens is 8. The second kappa shape index (κ2) is 8.61. The number of pyridine rings is 2. The number of hydrogen-bond acceptors (Lipinski definition) is 5. The zero-order valence-electron chi connectivity index (χ0n) is 19.0. The first-order valence-corrected chi connectivity index (χ1v) is 11.0. The normalized spacial score (nSPS) is 16.5. The van der Waals surface area contributed by atoms with E-state index in [2.05, 4.69) is 15.1 Å². The zero-order valence-corrected chi connectivity index (χ0v) is 19.0. The van der Waals surface area contributed by atoms with Gasteiger partial charge in [-0.05, 0) is 6.07 Å². The number of nitrogens with zero attached hydrogens (tertiary/aromatic N) is 6. The molecule has 0 bridgehead atoms. The van der Waals surface area contributed by atoms with Crippen LogP contribution in [0, 0.1) is 11.6 Å². The van der Waals surface area contributed by atoms with Crippen LogP contribution in [0.1, 0.15) is 23.3 Å². The van der Waals surface area contributed by atoms with Crippen LogP contribution in [0.15, 0.2) is 30.7 Å². The van der Waals surface area contributed by atoms with Crippen LogP contribution in [-0.2, 0) is 6.54 Å². The Labute approximate surface area is 207 Å². The smallest absolute Gasteiger partial charge is 0.380 e. The van der Waals surface area contributed by atoms with Gasteiger partial charge >= 0.3 is 12.4 Å². The molecule has 38 heavy (non-hydrogen) atoms. The SMILES string of the molecule is O=C(c1cc2c(cn1)c(-c1cnc3c(F)cc(F)cn13)nn2CC(F)(F)F)N1CCC(O)(C(F)(F)F)CC1. The maximum Gasteiger partial charge on any atom is 0.417 e.